The summed E-state index contributed by atoms with van der Waals surface area (Å²) < 4.78 is 6.19. The minimum absolute atomic E-state index is 0.142. The molecule has 2 aliphatic carbocycles. The second kappa shape index (κ2) is 12.6. The quantitative estimate of drug-likeness (QED) is 0.150. The number of benzene rings is 4. The lowest BCUT2D eigenvalue weighted by atomic mass is 9.49. The van der Waals surface area contributed by atoms with Crippen molar-refractivity contribution in [1.29, 1.82) is 0 Å². The fourth-order valence-corrected chi connectivity index (χ4v) is 9.53. The number of halogens is 1. The maximum Gasteiger partial charge on any atom is 0.260 e. The number of methoxy groups -OCH3 is 1. The fraction of sp³-hybridized carbons (Fsp3) is 0.238. The van der Waals surface area contributed by atoms with E-state index in [4.69, 9.17) is 4.74 Å². The Bertz CT molecular complexity index is 2180. The Kier molecular flexibility index (Phi) is 8.17. The molecular weight excluding hydrogens is 722 g/mol. The predicted octanol–water partition coefficient (Wildman–Crippen LogP) is 7.30. The van der Waals surface area contributed by atoms with Crippen molar-refractivity contribution in [2.24, 2.45) is 23.7 Å². The van der Waals surface area contributed by atoms with Crippen LogP contribution in [0.25, 0.3) is 6.08 Å². The van der Waals surface area contributed by atoms with Gasteiger partial charge in [0.1, 0.15) is 0 Å². The van der Waals surface area contributed by atoms with E-state index in [1.165, 1.54) is 12.0 Å². The second-order valence-corrected chi connectivity index (χ2v) is 14.9. The first-order valence-corrected chi connectivity index (χ1v) is 18.0. The van der Waals surface area contributed by atoms with E-state index in [0.29, 0.717) is 27.0 Å². The third-order valence-corrected chi connectivity index (χ3v) is 11.8. The van der Waals surface area contributed by atoms with Crippen LogP contribution in [-0.2, 0) is 24.6 Å². The van der Waals surface area contributed by atoms with E-state index in [1.54, 1.807) is 54.6 Å². The van der Waals surface area contributed by atoms with Crippen molar-refractivity contribution >= 4 is 57.0 Å². The topological polar surface area (TPSA) is 116 Å². The van der Waals surface area contributed by atoms with Gasteiger partial charge in [0, 0.05) is 16.0 Å². The number of hydrogen-bond donors (Lipinski definition) is 2. The maximum atomic E-state index is 15.3. The molecule has 0 spiro atoms. The largest absolute Gasteiger partial charge is 0.504 e. The van der Waals surface area contributed by atoms with Crippen LogP contribution in [0, 0.1) is 30.6 Å². The molecule has 3 fully saturated rings. The zero-order valence-electron chi connectivity index (χ0n) is 28.6. The van der Waals surface area contributed by atoms with Crippen LogP contribution in [0.2, 0.25) is 0 Å². The van der Waals surface area contributed by atoms with Gasteiger partial charge in [-0.2, -0.15) is 5.01 Å². The predicted molar refractivity (Wildman–Crippen MR) is 200 cm³/mol. The Morgan fingerprint density at radius 1 is 0.923 bits per heavy atom. The zero-order valence-corrected chi connectivity index (χ0v) is 30.2. The van der Waals surface area contributed by atoms with Crippen LogP contribution in [0.15, 0.2) is 114 Å². The minimum atomic E-state index is -1.53. The summed E-state index contributed by atoms with van der Waals surface area (Å²) in [7, 11) is 1.45. The molecule has 52 heavy (non-hydrogen) atoms. The van der Waals surface area contributed by atoms with Crippen LogP contribution in [-0.4, -0.2) is 40.9 Å². The van der Waals surface area contributed by atoms with Gasteiger partial charge in [0.2, 0.25) is 11.8 Å². The standard InChI is InChI=1S/C42H36BrN3O6/c1-4-24-12-16-28(17-13-24)45-38(48)30-19-18-29-31(35(30)40(45)50)22-33-39(49)46(44-27-14-10-23(2)11-15-27)41(51)42(33,25-8-6-5-7-9-25)36(29)32-20-26(43)21-34(52-3)37(32)47/h4-18,20-21,30-31,33,35-36,44,47H,1,19,22H2,2-3H3. The number of amides is 4. The van der Waals surface area contributed by atoms with Crippen LogP contribution < -0.4 is 15.1 Å². The molecule has 0 radical (unpaired) electrons. The number of carbonyl (C=O) groups is 4. The molecule has 1 saturated carbocycles. The van der Waals surface area contributed by atoms with Gasteiger partial charge in [0.05, 0.1) is 41.7 Å². The first-order chi connectivity index (χ1) is 25.1. The molecular formula is C42H36BrN3O6. The number of hydrogen-bond acceptors (Lipinski definition) is 7. The molecule has 4 amide bonds. The highest BCUT2D eigenvalue weighted by molar-refractivity contribution is 9.10. The van der Waals surface area contributed by atoms with E-state index in [0.717, 1.165) is 21.7 Å². The molecule has 10 heteroatoms. The zero-order chi connectivity index (χ0) is 36.5. The number of phenols is 1. The van der Waals surface area contributed by atoms with Gasteiger partial charge in [-0.25, -0.2) is 0 Å². The molecule has 2 N–H and O–H groups in total. The molecule has 8 rings (SSSR count). The molecule has 0 bridgehead atoms. The highest BCUT2D eigenvalue weighted by Gasteiger charge is 2.70. The maximum absolute atomic E-state index is 15.3. The van der Waals surface area contributed by atoms with E-state index >= 15 is 4.79 Å². The van der Waals surface area contributed by atoms with Gasteiger partial charge < -0.3 is 9.84 Å². The second-order valence-electron chi connectivity index (χ2n) is 13.9. The lowest BCUT2D eigenvalue weighted by Gasteiger charge is -2.50. The number of allylic oxidation sites excluding steroid dienone is 2. The summed E-state index contributed by atoms with van der Waals surface area (Å²) in [6.07, 6.45) is 4.06. The van der Waals surface area contributed by atoms with Gasteiger partial charge in [-0.15, -0.1) is 0 Å². The number of rotatable bonds is 7. The Labute approximate surface area is 309 Å². The van der Waals surface area contributed by atoms with Crippen molar-refractivity contribution in [3.63, 3.8) is 0 Å². The molecule has 4 aliphatic rings. The van der Waals surface area contributed by atoms with Crippen LogP contribution >= 0.6 is 15.9 Å². The molecule has 262 valence electrons. The van der Waals surface area contributed by atoms with E-state index in [2.05, 4.69) is 27.9 Å². The Hall–Kier alpha value is -5.48. The number of aromatic hydroxyl groups is 1. The van der Waals surface area contributed by atoms with Crippen LogP contribution in [0.1, 0.15) is 41.0 Å². The number of phenolic OH excluding ortho intramolecular Hbond substituents is 1. The van der Waals surface area contributed by atoms with E-state index in [9.17, 15) is 19.5 Å². The van der Waals surface area contributed by atoms with Crippen molar-refractivity contribution in [2.45, 2.75) is 31.1 Å². The SMILES string of the molecule is C=Cc1ccc(N2C(=O)C3CC=C4C(CC5C(=O)N(Nc6ccc(C)cc6)C(=O)C5(c5ccccc5)C4c4cc(Br)cc(OC)c4O)C3C2=O)cc1. The number of imide groups is 2. The normalized spacial score (nSPS) is 26.4. The summed E-state index contributed by atoms with van der Waals surface area (Å²) in [6.45, 7) is 5.75. The summed E-state index contributed by atoms with van der Waals surface area (Å²) in [5.74, 6) is -5.42. The number of aryl methyl sites for hydroxylation is 1. The highest BCUT2D eigenvalue weighted by atomic mass is 79.9. The lowest BCUT2D eigenvalue weighted by molar-refractivity contribution is -0.138. The molecule has 2 saturated heterocycles. The van der Waals surface area contributed by atoms with Gasteiger partial charge in [0.15, 0.2) is 11.5 Å². The van der Waals surface area contributed by atoms with Crippen molar-refractivity contribution in [2.75, 3.05) is 17.4 Å². The van der Waals surface area contributed by atoms with Crippen molar-refractivity contribution in [1.82, 2.24) is 5.01 Å². The summed E-state index contributed by atoms with van der Waals surface area (Å²) >= 11 is 3.59. The molecule has 6 atom stereocenters. The minimum Gasteiger partial charge on any atom is -0.504 e. The molecule has 4 aromatic rings. The number of anilines is 2. The summed E-state index contributed by atoms with van der Waals surface area (Å²) in [5.41, 5.74) is 6.20. The van der Waals surface area contributed by atoms with Crippen LogP contribution in [0.5, 0.6) is 11.5 Å². The Balaban J connectivity index is 1.34. The average molecular weight is 759 g/mol. The highest BCUT2D eigenvalue weighted by Crippen LogP contribution is 2.65. The van der Waals surface area contributed by atoms with Gasteiger partial charge in [-0.1, -0.05) is 100 Å². The van der Waals surface area contributed by atoms with Crippen LogP contribution in [0.3, 0.4) is 0 Å². The number of ether oxygens (including phenoxy) is 1. The van der Waals surface area contributed by atoms with E-state index < -0.39 is 46.8 Å². The molecule has 4 aromatic carbocycles. The Morgan fingerprint density at radius 3 is 2.31 bits per heavy atom. The lowest BCUT2D eigenvalue weighted by Crippen LogP contribution is -2.53. The fourth-order valence-electron chi connectivity index (χ4n) is 9.08. The van der Waals surface area contributed by atoms with Gasteiger partial charge in [-0.05, 0) is 73.2 Å². The van der Waals surface area contributed by atoms with Gasteiger partial charge in [0.25, 0.3) is 11.8 Å². The first kappa shape index (κ1) is 33.7. The summed E-state index contributed by atoms with van der Waals surface area (Å²) in [5, 5.41) is 13.0. The molecule has 2 aliphatic heterocycles. The van der Waals surface area contributed by atoms with Crippen molar-refractivity contribution < 1.29 is 29.0 Å². The van der Waals surface area contributed by atoms with Crippen LogP contribution in [0.4, 0.5) is 11.4 Å². The number of nitrogens with zero attached hydrogens (tertiary/aromatic N) is 2. The number of nitrogens with one attached hydrogen (secondary N) is 1. The Morgan fingerprint density at radius 2 is 1.63 bits per heavy atom. The third-order valence-electron chi connectivity index (χ3n) is 11.4. The molecule has 9 nitrogen and oxygen atoms in total. The van der Waals surface area contributed by atoms with Crippen molar-refractivity contribution in [3.8, 4) is 11.5 Å². The average Bonchev–Trinajstić information content (AvgIpc) is 3.54. The third kappa shape index (κ3) is 4.87. The number of carbonyl (C=O) groups excluding carboxylic acids is 4. The van der Waals surface area contributed by atoms with Crippen molar-refractivity contribution in [3.05, 3.63) is 136 Å². The first-order valence-electron chi connectivity index (χ1n) is 17.2. The van der Waals surface area contributed by atoms with E-state index in [-0.39, 0.29) is 36.2 Å². The summed E-state index contributed by atoms with van der Waals surface area (Å²) in [6, 6.07) is 27.1. The monoisotopic (exact) mass is 757 g/mol. The van der Waals surface area contributed by atoms with Gasteiger partial charge >= 0.3 is 0 Å². The molecule has 0 aromatic heterocycles. The smallest absolute Gasteiger partial charge is 0.260 e. The number of fused-ring (bicyclic) bond motifs is 4. The molecule has 2 heterocycles. The molecule has 6 unspecified atom stereocenters. The van der Waals surface area contributed by atoms with E-state index in [1.807, 2.05) is 55.5 Å². The summed E-state index contributed by atoms with van der Waals surface area (Å²) in [4.78, 5) is 60.1. The number of hydrazine groups is 1. The van der Waals surface area contributed by atoms with Gasteiger partial charge in [-0.3, -0.25) is 29.5 Å².